The van der Waals surface area contributed by atoms with Gasteiger partial charge in [0, 0.05) is 30.4 Å². The lowest BCUT2D eigenvalue weighted by molar-refractivity contribution is -0.161. The number of carbonyl (C=O) groups excluding carboxylic acids is 1. The third-order valence-corrected chi connectivity index (χ3v) is 8.01. The molecule has 0 saturated heterocycles. The zero-order valence-corrected chi connectivity index (χ0v) is 21.9. The first kappa shape index (κ1) is 26.5. The zero-order chi connectivity index (χ0) is 26.5. The average Bonchev–Trinajstić information content (AvgIpc) is 3.42. The lowest BCUT2D eigenvalue weighted by Crippen LogP contribution is -2.41. The number of H-pyrrole nitrogens is 1. The van der Waals surface area contributed by atoms with E-state index in [9.17, 15) is 18.3 Å². The van der Waals surface area contributed by atoms with Crippen LogP contribution in [0.3, 0.4) is 0 Å². The molecule has 2 unspecified atom stereocenters. The van der Waals surface area contributed by atoms with Gasteiger partial charge in [0.25, 0.3) is 10.0 Å². The maximum atomic E-state index is 13.4. The highest BCUT2D eigenvalue weighted by molar-refractivity contribution is 7.92. The van der Waals surface area contributed by atoms with Gasteiger partial charge in [-0.15, -0.1) is 0 Å². The second kappa shape index (κ2) is 11.2. The van der Waals surface area contributed by atoms with Gasteiger partial charge in [0.2, 0.25) is 5.16 Å². The van der Waals surface area contributed by atoms with Crippen molar-refractivity contribution in [2.75, 3.05) is 4.72 Å². The number of benzene rings is 2. The summed E-state index contributed by atoms with van der Waals surface area (Å²) in [7, 11) is -3.89. The molecule has 0 bridgehead atoms. The van der Waals surface area contributed by atoms with Crippen LogP contribution in [0.25, 0.3) is 0 Å². The number of aliphatic hydroxyl groups is 1. The number of cyclic esters (lactones) is 1. The van der Waals surface area contributed by atoms with Gasteiger partial charge in [-0.1, -0.05) is 62.7 Å². The average molecular weight is 524 g/mol. The smallest absolute Gasteiger partial charge is 0.338 e. The molecule has 3 aromatic rings. The van der Waals surface area contributed by atoms with E-state index in [1.165, 1.54) is 12.4 Å². The fraction of sp³-hybridized carbons (Fsp3) is 0.357. The Labute approximate surface area is 217 Å². The van der Waals surface area contributed by atoms with E-state index in [1.54, 1.807) is 18.2 Å². The van der Waals surface area contributed by atoms with Crippen molar-refractivity contribution in [2.45, 2.75) is 69.0 Å². The van der Waals surface area contributed by atoms with Crippen LogP contribution in [0.1, 0.15) is 63.0 Å². The normalized spacial score (nSPS) is 18.9. The molecule has 37 heavy (non-hydrogen) atoms. The van der Waals surface area contributed by atoms with Gasteiger partial charge in [-0.3, -0.25) is 4.72 Å². The van der Waals surface area contributed by atoms with E-state index in [2.05, 4.69) is 14.7 Å². The number of aryl methyl sites for hydroxylation is 1. The lowest BCUT2D eigenvalue weighted by Gasteiger charge is -2.38. The van der Waals surface area contributed by atoms with Gasteiger partial charge in [-0.2, -0.15) is 8.42 Å². The largest absolute Gasteiger partial charge is 0.512 e. The molecule has 4 rings (SSSR count). The first-order valence-electron chi connectivity index (χ1n) is 12.6. The van der Waals surface area contributed by atoms with Crippen LogP contribution in [0.5, 0.6) is 0 Å². The number of hydrogen-bond donors (Lipinski definition) is 3. The van der Waals surface area contributed by atoms with Gasteiger partial charge in [0.15, 0.2) is 0 Å². The van der Waals surface area contributed by atoms with E-state index in [-0.39, 0.29) is 22.9 Å². The first-order valence-corrected chi connectivity index (χ1v) is 14.1. The molecule has 0 aliphatic carbocycles. The summed E-state index contributed by atoms with van der Waals surface area (Å²) < 4.78 is 33.8. The Kier molecular flexibility index (Phi) is 8.02. The molecule has 2 aromatic carbocycles. The van der Waals surface area contributed by atoms with Gasteiger partial charge in [0.05, 0.1) is 5.57 Å². The van der Waals surface area contributed by atoms with E-state index in [0.29, 0.717) is 30.5 Å². The summed E-state index contributed by atoms with van der Waals surface area (Å²) in [6.07, 6.45) is 6.41. The molecule has 2 heterocycles. The molecule has 1 aromatic heterocycles. The first-order chi connectivity index (χ1) is 17.8. The number of nitrogens with zero attached hydrogens (tertiary/aromatic N) is 1. The van der Waals surface area contributed by atoms with E-state index in [1.807, 2.05) is 50.2 Å². The Morgan fingerprint density at radius 2 is 1.92 bits per heavy atom. The quantitative estimate of drug-likeness (QED) is 0.280. The second-order valence-electron chi connectivity index (χ2n) is 9.43. The molecule has 196 valence electrons. The number of imidazole rings is 1. The predicted octanol–water partition coefficient (Wildman–Crippen LogP) is 5.63. The fourth-order valence-corrected chi connectivity index (χ4v) is 6.01. The standard InChI is InChI=1S/C28H33N3O5S/c1-3-14-28(15-13-20-9-6-5-7-10-20)19-24(32)25(26(33)36-28)23(4-2)21-11-8-12-22(18-21)31-37(34,35)27-29-16-17-30-27/h5-12,16-18,23,31-32H,3-4,13-15,19H2,1-2H3,(H,29,30). The highest BCUT2D eigenvalue weighted by atomic mass is 32.2. The van der Waals surface area contributed by atoms with Crippen molar-refractivity contribution in [1.29, 1.82) is 0 Å². The van der Waals surface area contributed by atoms with Crippen LogP contribution >= 0.6 is 0 Å². The molecule has 9 heteroatoms. The number of aliphatic hydroxyl groups excluding tert-OH is 1. The van der Waals surface area contributed by atoms with Crippen molar-refractivity contribution in [3.8, 4) is 0 Å². The Morgan fingerprint density at radius 3 is 2.57 bits per heavy atom. The summed E-state index contributed by atoms with van der Waals surface area (Å²) in [4.78, 5) is 19.8. The number of carbonyl (C=O) groups is 1. The van der Waals surface area contributed by atoms with Crippen LogP contribution in [-0.4, -0.2) is 35.1 Å². The van der Waals surface area contributed by atoms with Crippen molar-refractivity contribution in [1.82, 2.24) is 9.97 Å². The molecule has 3 N–H and O–H groups in total. The SMILES string of the molecule is CCCC1(CCc2ccccc2)CC(O)=C(C(CC)c2cccc(NS(=O)(=O)c3ncc[nH]3)c2)C(=O)O1. The summed E-state index contributed by atoms with van der Waals surface area (Å²) in [5.41, 5.74) is 1.67. The molecule has 0 amide bonds. The van der Waals surface area contributed by atoms with Crippen LogP contribution in [-0.2, 0) is 26.0 Å². The Hall–Kier alpha value is -3.59. The van der Waals surface area contributed by atoms with Crippen LogP contribution in [0, 0.1) is 0 Å². The summed E-state index contributed by atoms with van der Waals surface area (Å²) in [5.74, 6) is -0.917. The highest BCUT2D eigenvalue weighted by Crippen LogP contribution is 2.42. The summed E-state index contributed by atoms with van der Waals surface area (Å²) in [6, 6.07) is 16.9. The molecule has 2 atom stereocenters. The van der Waals surface area contributed by atoms with Crippen molar-refractivity contribution in [2.24, 2.45) is 0 Å². The number of hydrogen-bond acceptors (Lipinski definition) is 6. The van der Waals surface area contributed by atoms with E-state index in [4.69, 9.17) is 4.74 Å². The summed E-state index contributed by atoms with van der Waals surface area (Å²) >= 11 is 0. The van der Waals surface area contributed by atoms with Crippen LogP contribution < -0.4 is 4.72 Å². The topological polar surface area (TPSA) is 121 Å². The Morgan fingerprint density at radius 1 is 1.14 bits per heavy atom. The predicted molar refractivity (Wildman–Crippen MR) is 142 cm³/mol. The van der Waals surface area contributed by atoms with Crippen LogP contribution in [0.2, 0.25) is 0 Å². The number of nitrogens with one attached hydrogen (secondary N) is 2. The maximum absolute atomic E-state index is 13.4. The fourth-order valence-electron chi connectivity index (χ4n) is 5.05. The number of ether oxygens (including phenoxy) is 1. The molecule has 0 saturated carbocycles. The van der Waals surface area contributed by atoms with Gasteiger partial charge in [0.1, 0.15) is 11.4 Å². The van der Waals surface area contributed by atoms with Crippen molar-refractivity contribution < 1.29 is 23.1 Å². The number of aromatic amines is 1. The van der Waals surface area contributed by atoms with Gasteiger partial charge < -0.3 is 14.8 Å². The Bertz CT molecular complexity index is 1350. The second-order valence-corrected chi connectivity index (χ2v) is 11.0. The van der Waals surface area contributed by atoms with E-state index >= 15 is 0 Å². The van der Waals surface area contributed by atoms with E-state index in [0.717, 1.165) is 18.4 Å². The Balaban J connectivity index is 1.59. The molecule has 0 spiro atoms. The van der Waals surface area contributed by atoms with Crippen molar-refractivity contribution >= 4 is 21.7 Å². The van der Waals surface area contributed by atoms with Crippen LogP contribution in [0.15, 0.2) is 83.5 Å². The molecular weight excluding hydrogens is 490 g/mol. The summed E-state index contributed by atoms with van der Waals surface area (Å²) in [5, 5.41) is 11.0. The van der Waals surface area contributed by atoms with Crippen molar-refractivity contribution in [3.05, 3.63) is 89.5 Å². The van der Waals surface area contributed by atoms with Crippen LogP contribution in [0.4, 0.5) is 5.69 Å². The molecule has 1 aliphatic rings. The van der Waals surface area contributed by atoms with Crippen molar-refractivity contribution in [3.63, 3.8) is 0 Å². The molecule has 0 fully saturated rings. The molecular formula is C28H33N3O5S. The monoisotopic (exact) mass is 523 g/mol. The minimum Gasteiger partial charge on any atom is -0.512 e. The number of esters is 1. The van der Waals surface area contributed by atoms with Gasteiger partial charge >= 0.3 is 5.97 Å². The number of sulfonamides is 1. The summed E-state index contributed by atoms with van der Waals surface area (Å²) in [6.45, 7) is 3.96. The number of aromatic nitrogens is 2. The zero-order valence-electron chi connectivity index (χ0n) is 21.1. The van der Waals surface area contributed by atoms with E-state index < -0.39 is 27.5 Å². The maximum Gasteiger partial charge on any atom is 0.338 e. The van der Waals surface area contributed by atoms with Gasteiger partial charge in [-0.25, -0.2) is 9.78 Å². The minimum atomic E-state index is -3.89. The third kappa shape index (κ3) is 6.05. The molecule has 1 aliphatic heterocycles. The lowest BCUT2D eigenvalue weighted by atomic mass is 9.80. The molecule has 0 radical (unpaired) electrons. The molecule has 8 nitrogen and oxygen atoms in total. The van der Waals surface area contributed by atoms with Gasteiger partial charge in [-0.05, 0) is 48.9 Å². The highest BCUT2D eigenvalue weighted by Gasteiger charge is 2.43. The number of rotatable bonds is 11. The minimum absolute atomic E-state index is 0.0474. The third-order valence-electron chi connectivity index (χ3n) is 6.77. The number of anilines is 1.